The predicted molar refractivity (Wildman–Crippen MR) is 122 cm³/mol. The van der Waals surface area contributed by atoms with Crippen molar-refractivity contribution in [2.24, 2.45) is 5.92 Å². The molecule has 2 N–H and O–H groups in total. The van der Waals surface area contributed by atoms with E-state index < -0.39 is 6.04 Å². The molecule has 162 valence electrons. The fraction of sp³-hybridized carbons (Fsp3) is 0.292. The molecule has 0 fully saturated rings. The third-order valence-electron chi connectivity index (χ3n) is 4.85. The number of rotatable bonds is 9. The van der Waals surface area contributed by atoms with Crippen molar-refractivity contribution in [2.45, 2.75) is 39.4 Å². The highest BCUT2D eigenvalue weighted by atomic mass is 35.5. The first kappa shape index (κ1) is 22.6. The zero-order valence-corrected chi connectivity index (χ0v) is 18.5. The Labute approximate surface area is 187 Å². The van der Waals surface area contributed by atoms with Crippen LogP contribution >= 0.6 is 11.6 Å². The van der Waals surface area contributed by atoms with Crippen molar-refractivity contribution < 1.29 is 9.59 Å². The summed E-state index contributed by atoms with van der Waals surface area (Å²) in [6, 6.07) is 14.1. The number of aromatic nitrogens is 2. The number of hydrogen-bond donors (Lipinski definition) is 2. The number of nitrogens with zero attached hydrogens (tertiary/aromatic N) is 2. The average Bonchev–Trinajstić information content (AvgIpc) is 3.25. The quantitative estimate of drug-likeness (QED) is 0.529. The van der Waals surface area contributed by atoms with Gasteiger partial charge in [-0.25, -0.2) is 4.98 Å². The van der Waals surface area contributed by atoms with Gasteiger partial charge in [0.05, 0.1) is 6.33 Å². The fourth-order valence-electron chi connectivity index (χ4n) is 3.21. The second kappa shape index (κ2) is 10.8. The van der Waals surface area contributed by atoms with Gasteiger partial charge in [0.1, 0.15) is 6.04 Å². The summed E-state index contributed by atoms with van der Waals surface area (Å²) < 4.78 is 2.00. The zero-order valence-electron chi connectivity index (χ0n) is 17.7. The van der Waals surface area contributed by atoms with Crippen LogP contribution in [0.5, 0.6) is 0 Å². The highest BCUT2D eigenvalue weighted by Crippen LogP contribution is 2.12. The van der Waals surface area contributed by atoms with E-state index in [1.54, 1.807) is 36.8 Å². The topological polar surface area (TPSA) is 76.0 Å². The SMILES string of the molecule is CC(C)CC(NC(=O)c1ccc(Cl)cc1)C(=O)NCc1ccc(Cn2ccnc2)cc1. The first-order chi connectivity index (χ1) is 14.9. The summed E-state index contributed by atoms with van der Waals surface area (Å²) in [6.45, 7) is 5.19. The Morgan fingerprint density at radius 2 is 1.71 bits per heavy atom. The molecule has 31 heavy (non-hydrogen) atoms. The first-order valence-corrected chi connectivity index (χ1v) is 10.7. The number of benzene rings is 2. The molecule has 1 atom stereocenters. The van der Waals surface area contributed by atoms with Gasteiger partial charge in [-0.2, -0.15) is 0 Å². The fourth-order valence-corrected chi connectivity index (χ4v) is 3.34. The molecule has 2 amide bonds. The Balaban J connectivity index is 1.57. The lowest BCUT2D eigenvalue weighted by Gasteiger charge is -2.20. The smallest absolute Gasteiger partial charge is 0.251 e. The van der Waals surface area contributed by atoms with Crippen LogP contribution < -0.4 is 10.6 Å². The van der Waals surface area contributed by atoms with Crippen LogP contribution in [0.15, 0.2) is 67.3 Å². The van der Waals surface area contributed by atoms with Crippen molar-refractivity contribution in [1.29, 1.82) is 0 Å². The Morgan fingerprint density at radius 1 is 1.03 bits per heavy atom. The maximum atomic E-state index is 12.8. The normalized spacial score (nSPS) is 11.9. The Bertz CT molecular complexity index is 983. The van der Waals surface area contributed by atoms with E-state index in [1.807, 2.05) is 48.9 Å². The van der Waals surface area contributed by atoms with Gasteiger partial charge in [-0.05, 0) is 47.7 Å². The maximum Gasteiger partial charge on any atom is 0.251 e. The van der Waals surface area contributed by atoms with Crippen molar-refractivity contribution in [3.05, 3.63) is 89.0 Å². The Morgan fingerprint density at radius 3 is 2.32 bits per heavy atom. The van der Waals surface area contributed by atoms with Crippen molar-refractivity contribution in [1.82, 2.24) is 20.2 Å². The third-order valence-corrected chi connectivity index (χ3v) is 5.10. The Hall–Kier alpha value is -3.12. The van der Waals surface area contributed by atoms with Crippen LogP contribution in [0.4, 0.5) is 0 Å². The van der Waals surface area contributed by atoms with E-state index in [0.717, 1.165) is 17.7 Å². The summed E-state index contributed by atoms with van der Waals surface area (Å²) in [5, 5.41) is 6.36. The van der Waals surface area contributed by atoms with Crippen LogP contribution in [0.1, 0.15) is 41.8 Å². The van der Waals surface area contributed by atoms with Gasteiger partial charge in [0.25, 0.3) is 5.91 Å². The van der Waals surface area contributed by atoms with Gasteiger partial charge >= 0.3 is 0 Å². The largest absolute Gasteiger partial charge is 0.350 e. The monoisotopic (exact) mass is 438 g/mol. The van der Waals surface area contributed by atoms with Gasteiger partial charge in [0, 0.05) is 36.1 Å². The number of halogens is 1. The molecule has 7 heteroatoms. The molecule has 0 radical (unpaired) electrons. The molecule has 2 aromatic carbocycles. The molecular weight excluding hydrogens is 412 g/mol. The molecule has 1 heterocycles. The molecule has 6 nitrogen and oxygen atoms in total. The van der Waals surface area contributed by atoms with Crippen LogP contribution in [0, 0.1) is 5.92 Å². The summed E-state index contributed by atoms with van der Waals surface area (Å²) >= 11 is 5.89. The minimum absolute atomic E-state index is 0.196. The van der Waals surface area contributed by atoms with E-state index in [-0.39, 0.29) is 17.7 Å². The van der Waals surface area contributed by atoms with Gasteiger partial charge in [-0.15, -0.1) is 0 Å². The number of carbonyl (C=O) groups excluding carboxylic acids is 2. The minimum Gasteiger partial charge on any atom is -0.350 e. The lowest BCUT2D eigenvalue weighted by molar-refractivity contribution is -0.123. The average molecular weight is 439 g/mol. The molecule has 0 saturated carbocycles. The lowest BCUT2D eigenvalue weighted by Crippen LogP contribution is -2.47. The van der Waals surface area contributed by atoms with Crippen molar-refractivity contribution >= 4 is 23.4 Å². The predicted octanol–water partition coefficient (Wildman–Crippen LogP) is 4.05. The highest BCUT2D eigenvalue weighted by molar-refractivity contribution is 6.30. The van der Waals surface area contributed by atoms with E-state index in [9.17, 15) is 9.59 Å². The van der Waals surface area contributed by atoms with Gasteiger partial charge < -0.3 is 15.2 Å². The molecule has 0 saturated heterocycles. The molecule has 0 aliphatic rings. The number of hydrogen-bond acceptors (Lipinski definition) is 3. The zero-order chi connectivity index (χ0) is 22.2. The van der Waals surface area contributed by atoms with E-state index in [2.05, 4.69) is 15.6 Å². The Kier molecular flexibility index (Phi) is 7.84. The van der Waals surface area contributed by atoms with Gasteiger partial charge in [0.15, 0.2) is 0 Å². The van der Waals surface area contributed by atoms with Crippen molar-refractivity contribution in [2.75, 3.05) is 0 Å². The van der Waals surface area contributed by atoms with Gasteiger partial charge in [-0.3, -0.25) is 9.59 Å². The van der Waals surface area contributed by atoms with Gasteiger partial charge in [0.2, 0.25) is 5.91 Å². The summed E-state index contributed by atoms with van der Waals surface area (Å²) in [5.41, 5.74) is 2.62. The van der Waals surface area contributed by atoms with Crippen LogP contribution in [0.2, 0.25) is 5.02 Å². The third kappa shape index (κ3) is 6.96. The number of imidazole rings is 1. The number of carbonyl (C=O) groups is 2. The molecule has 3 rings (SSSR count). The lowest BCUT2D eigenvalue weighted by atomic mass is 10.0. The van der Waals surface area contributed by atoms with E-state index in [1.165, 1.54) is 0 Å². The molecule has 0 spiro atoms. The van der Waals surface area contributed by atoms with E-state index in [4.69, 9.17) is 11.6 Å². The molecule has 1 aromatic heterocycles. The minimum atomic E-state index is -0.608. The van der Waals surface area contributed by atoms with Gasteiger partial charge in [-0.1, -0.05) is 49.7 Å². The number of amides is 2. The molecule has 0 aliphatic carbocycles. The van der Waals surface area contributed by atoms with E-state index >= 15 is 0 Å². The second-order valence-electron chi connectivity index (χ2n) is 7.93. The maximum absolute atomic E-state index is 12.8. The molecule has 0 bridgehead atoms. The van der Waals surface area contributed by atoms with Crippen LogP contribution in [-0.4, -0.2) is 27.4 Å². The van der Waals surface area contributed by atoms with Crippen LogP contribution in [0.3, 0.4) is 0 Å². The standard InChI is InChI=1S/C24H27ClN4O2/c1-17(2)13-22(28-23(30)20-7-9-21(25)10-8-20)24(31)27-14-18-3-5-19(6-4-18)15-29-12-11-26-16-29/h3-12,16-17,22H,13-15H2,1-2H3,(H,27,31)(H,28,30). The molecular formula is C24H27ClN4O2. The van der Waals surface area contributed by atoms with Crippen LogP contribution in [-0.2, 0) is 17.9 Å². The second-order valence-corrected chi connectivity index (χ2v) is 8.37. The summed E-state index contributed by atoms with van der Waals surface area (Å²) in [7, 11) is 0. The molecule has 3 aromatic rings. The van der Waals surface area contributed by atoms with Crippen molar-refractivity contribution in [3.63, 3.8) is 0 Å². The first-order valence-electron chi connectivity index (χ1n) is 10.3. The van der Waals surface area contributed by atoms with Crippen LogP contribution in [0.25, 0.3) is 0 Å². The van der Waals surface area contributed by atoms with Crippen molar-refractivity contribution in [3.8, 4) is 0 Å². The number of nitrogens with one attached hydrogen (secondary N) is 2. The summed E-state index contributed by atoms with van der Waals surface area (Å²) in [6.07, 6.45) is 6.00. The molecule has 0 aliphatic heterocycles. The van der Waals surface area contributed by atoms with E-state index in [0.29, 0.717) is 23.6 Å². The summed E-state index contributed by atoms with van der Waals surface area (Å²) in [4.78, 5) is 29.4. The highest BCUT2D eigenvalue weighted by Gasteiger charge is 2.22. The summed E-state index contributed by atoms with van der Waals surface area (Å²) in [5.74, 6) is -0.233. The molecule has 1 unspecified atom stereocenters.